The molecule has 46 valence electrons. The summed E-state index contributed by atoms with van der Waals surface area (Å²) >= 11 is 0. The lowest BCUT2D eigenvalue weighted by molar-refractivity contribution is 0.386. The fourth-order valence-corrected chi connectivity index (χ4v) is 0.486. The minimum absolute atomic E-state index is 0.138. The molecule has 0 unspecified atom stereocenters. The van der Waals surface area contributed by atoms with E-state index in [9.17, 15) is 4.79 Å². The summed E-state index contributed by atoms with van der Waals surface area (Å²) in [7, 11) is 0. The fourth-order valence-electron chi connectivity index (χ4n) is 0.486. The maximum atomic E-state index is 10.3. The zero-order chi connectivity index (χ0) is 6.69. The number of nitrogens with one attached hydrogen (secondary N) is 1. The maximum Gasteiger partial charge on any atom is 0.280 e. The van der Waals surface area contributed by atoms with E-state index in [1.807, 2.05) is 6.07 Å². The molecular weight excluding hydrogens is 120 g/mol. The standard InChI is InChI=1S/C5H4N2O2/c6-2-1-4-3-5(8)7-9-4/h3H,1H2,(H,7,8). The van der Waals surface area contributed by atoms with Crippen molar-refractivity contribution >= 4 is 0 Å². The van der Waals surface area contributed by atoms with Crippen LogP contribution in [0.2, 0.25) is 0 Å². The molecule has 4 nitrogen and oxygen atoms in total. The summed E-state index contributed by atoms with van der Waals surface area (Å²) in [4.78, 5) is 10.3. The molecule has 4 heteroatoms. The highest BCUT2D eigenvalue weighted by Crippen LogP contribution is 1.90. The van der Waals surface area contributed by atoms with Crippen molar-refractivity contribution in [2.24, 2.45) is 0 Å². The highest BCUT2D eigenvalue weighted by atomic mass is 16.5. The summed E-state index contributed by atoms with van der Waals surface area (Å²) in [6.45, 7) is 0. The van der Waals surface area contributed by atoms with Crippen LogP contribution in [0.4, 0.5) is 0 Å². The van der Waals surface area contributed by atoms with Crippen molar-refractivity contribution in [3.8, 4) is 6.07 Å². The summed E-state index contributed by atoms with van der Waals surface area (Å²) in [5, 5.41) is 10.2. The van der Waals surface area contributed by atoms with Crippen LogP contribution < -0.4 is 5.56 Å². The van der Waals surface area contributed by atoms with Crippen LogP contribution in [-0.4, -0.2) is 5.16 Å². The Bertz CT molecular complexity index is 278. The van der Waals surface area contributed by atoms with E-state index < -0.39 is 0 Å². The van der Waals surface area contributed by atoms with Gasteiger partial charge in [-0.15, -0.1) is 0 Å². The Morgan fingerprint density at radius 3 is 3.11 bits per heavy atom. The summed E-state index contributed by atoms with van der Waals surface area (Å²) in [5.41, 5.74) is -0.305. The lowest BCUT2D eigenvalue weighted by Gasteiger charge is -1.75. The molecule has 0 radical (unpaired) electrons. The van der Waals surface area contributed by atoms with Crippen molar-refractivity contribution in [1.82, 2.24) is 5.16 Å². The van der Waals surface area contributed by atoms with Gasteiger partial charge in [0.15, 0.2) is 5.76 Å². The molecule has 0 amide bonds. The summed E-state index contributed by atoms with van der Waals surface area (Å²) < 4.78 is 4.54. The molecule has 0 bridgehead atoms. The number of aromatic amines is 1. The molecule has 1 heterocycles. The van der Waals surface area contributed by atoms with E-state index in [4.69, 9.17) is 5.26 Å². The summed E-state index contributed by atoms with van der Waals surface area (Å²) in [6, 6.07) is 3.10. The van der Waals surface area contributed by atoms with Gasteiger partial charge in [-0.25, -0.2) is 0 Å². The van der Waals surface area contributed by atoms with E-state index in [0.717, 1.165) is 0 Å². The quantitative estimate of drug-likeness (QED) is 0.574. The summed E-state index contributed by atoms with van der Waals surface area (Å²) in [6.07, 6.45) is 0.138. The summed E-state index contributed by atoms with van der Waals surface area (Å²) in [5.74, 6) is 0.377. The van der Waals surface area contributed by atoms with Crippen molar-refractivity contribution < 1.29 is 4.52 Å². The Morgan fingerprint density at radius 2 is 2.67 bits per heavy atom. The van der Waals surface area contributed by atoms with Crippen molar-refractivity contribution in [3.05, 3.63) is 22.2 Å². The van der Waals surface area contributed by atoms with E-state index in [1.54, 1.807) is 0 Å². The highest BCUT2D eigenvalue weighted by molar-refractivity contribution is 4.99. The molecule has 1 aromatic rings. The molecule has 9 heavy (non-hydrogen) atoms. The van der Waals surface area contributed by atoms with E-state index in [0.29, 0.717) is 5.76 Å². The molecule has 0 saturated heterocycles. The average molecular weight is 124 g/mol. The molecule has 0 aromatic carbocycles. The predicted octanol–water partition coefficient (Wildman–Crippen LogP) is 0.0340. The number of H-pyrrole nitrogens is 1. The molecule has 0 fully saturated rings. The van der Waals surface area contributed by atoms with Gasteiger partial charge in [-0.2, -0.15) is 10.4 Å². The van der Waals surface area contributed by atoms with Crippen molar-refractivity contribution in [3.63, 3.8) is 0 Å². The third-order valence-corrected chi connectivity index (χ3v) is 0.828. The molecular formula is C5H4N2O2. The van der Waals surface area contributed by atoms with Gasteiger partial charge in [-0.1, -0.05) is 0 Å². The molecule has 0 aliphatic carbocycles. The van der Waals surface area contributed by atoms with Gasteiger partial charge >= 0.3 is 0 Å². The first-order chi connectivity index (χ1) is 4.33. The molecule has 0 saturated carbocycles. The van der Waals surface area contributed by atoms with Crippen LogP contribution in [0, 0.1) is 11.3 Å². The van der Waals surface area contributed by atoms with Crippen molar-refractivity contribution in [1.29, 1.82) is 5.26 Å². The highest BCUT2D eigenvalue weighted by Gasteiger charge is 1.95. The molecule has 0 aliphatic rings. The number of hydrogen-bond donors (Lipinski definition) is 1. The lowest BCUT2D eigenvalue weighted by Crippen LogP contribution is -1.92. The lowest BCUT2D eigenvalue weighted by atomic mass is 10.4. The Labute approximate surface area is 50.7 Å². The van der Waals surface area contributed by atoms with Crippen LogP contribution in [0.25, 0.3) is 0 Å². The van der Waals surface area contributed by atoms with Crippen LogP contribution in [-0.2, 0) is 6.42 Å². The first-order valence-electron chi connectivity index (χ1n) is 2.37. The number of nitrogens with zero attached hydrogens (tertiary/aromatic N) is 1. The van der Waals surface area contributed by atoms with Gasteiger partial charge in [0.25, 0.3) is 5.56 Å². The Balaban J connectivity index is 2.88. The van der Waals surface area contributed by atoms with E-state index in [2.05, 4.69) is 9.68 Å². The zero-order valence-electron chi connectivity index (χ0n) is 4.55. The maximum absolute atomic E-state index is 10.3. The first-order valence-corrected chi connectivity index (χ1v) is 2.37. The Morgan fingerprint density at radius 1 is 1.89 bits per heavy atom. The largest absolute Gasteiger partial charge is 0.382 e. The molecule has 0 spiro atoms. The van der Waals surface area contributed by atoms with Gasteiger partial charge in [-0.05, 0) is 0 Å². The first kappa shape index (κ1) is 5.63. The molecule has 0 aliphatic heterocycles. The van der Waals surface area contributed by atoms with Crippen LogP contribution in [0.5, 0.6) is 0 Å². The monoisotopic (exact) mass is 124 g/mol. The molecule has 1 aromatic heterocycles. The minimum atomic E-state index is -0.305. The van der Waals surface area contributed by atoms with Gasteiger partial charge in [0, 0.05) is 6.07 Å². The van der Waals surface area contributed by atoms with Gasteiger partial charge in [0.05, 0.1) is 12.5 Å². The van der Waals surface area contributed by atoms with E-state index >= 15 is 0 Å². The third-order valence-electron chi connectivity index (χ3n) is 0.828. The van der Waals surface area contributed by atoms with Crippen LogP contribution in [0.3, 0.4) is 0 Å². The second-order valence-electron chi connectivity index (χ2n) is 1.51. The average Bonchev–Trinajstić information content (AvgIpc) is 2.17. The van der Waals surface area contributed by atoms with Gasteiger partial charge in [0.2, 0.25) is 0 Å². The van der Waals surface area contributed by atoms with Crippen LogP contribution >= 0.6 is 0 Å². The minimum Gasteiger partial charge on any atom is -0.382 e. The number of hydrogen-bond acceptors (Lipinski definition) is 3. The van der Waals surface area contributed by atoms with E-state index in [-0.39, 0.29) is 12.0 Å². The van der Waals surface area contributed by atoms with Crippen molar-refractivity contribution in [2.45, 2.75) is 6.42 Å². The van der Waals surface area contributed by atoms with Gasteiger partial charge in [-0.3, -0.25) is 4.79 Å². The predicted molar refractivity (Wildman–Crippen MR) is 28.6 cm³/mol. The topological polar surface area (TPSA) is 69.8 Å². The molecule has 0 atom stereocenters. The smallest absolute Gasteiger partial charge is 0.280 e. The van der Waals surface area contributed by atoms with Crippen LogP contribution in [0.15, 0.2) is 15.4 Å². The number of rotatable bonds is 1. The fraction of sp³-hybridized carbons (Fsp3) is 0.200. The second-order valence-corrected chi connectivity index (χ2v) is 1.51. The SMILES string of the molecule is N#CCc1cc(=O)[nH]o1. The Hall–Kier alpha value is -1.50. The van der Waals surface area contributed by atoms with Gasteiger partial charge < -0.3 is 4.52 Å². The molecule has 1 rings (SSSR count). The number of nitriles is 1. The van der Waals surface area contributed by atoms with Gasteiger partial charge in [0.1, 0.15) is 0 Å². The normalized spacial score (nSPS) is 8.78. The number of aromatic nitrogens is 1. The van der Waals surface area contributed by atoms with Crippen molar-refractivity contribution in [2.75, 3.05) is 0 Å². The van der Waals surface area contributed by atoms with E-state index in [1.165, 1.54) is 6.07 Å². The Kier molecular flexibility index (Phi) is 1.36. The van der Waals surface area contributed by atoms with Crippen LogP contribution in [0.1, 0.15) is 5.76 Å². The second kappa shape index (κ2) is 2.18. The zero-order valence-corrected chi connectivity index (χ0v) is 4.55. The third kappa shape index (κ3) is 1.19. The molecule has 1 N–H and O–H groups in total.